The monoisotopic (exact) mass is 365 g/mol. The first-order valence-electron chi connectivity index (χ1n) is 9.07. The molecule has 2 aromatic carbocycles. The molecule has 0 bridgehead atoms. The number of likely N-dealkylation sites (tertiary alicyclic amines) is 1. The summed E-state index contributed by atoms with van der Waals surface area (Å²) in [6.07, 6.45) is 1.34. The molecule has 0 N–H and O–H groups in total. The summed E-state index contributed by atoms with van der Waals surface area (Å²) in [5.74, 6) is 0.347. The number of halogens is 1. The van der Waals surface area contributed by atoms with E-state index in [4.69, 9.17) is 4.52 Å². The molecule has 2 heterocycles. The number of rotatable bonds is 5. The van der Waals surface area contributed by atoms with Crippen molar-refractivity contribution in [3.63, 3.8) is 0 Å². The van der Waals surface area contributed by atoms with Crippen molar-refractivity contribution in [2.24, 2.45) is 0 Å². The molecule has 27 heavy (non-hydrogen) atoms. The second-order valence-electron chi connectivity index (χ2n) is 6.81. The van der Waals surface area contributed by atoms with Crippen LogP contribution < -0.4 is 0 Å². The number of carbonyl (C=O) groups excluding carboxylic acids is 1. The highest BCUT2D eigenvalue weighted by Gasteiger charge is 2.34. The maximum Gasteiger partial charge on any atom is 0.232 e. The Morgan fingerprint density at radius 2 is 1.96 bits per heavy atom. The fraction of sp³-hybridized carbons (Fsp3) is 0.286. The van der Waals surface area contributed by atoms with E-state index < -0.39 is 0 Å². The number of hydrogen-bond acceptors (Lipinski definition) is 4. The van der Waals surface area contributed by atoms with Gasteiger partial charge in [-0.3, -0.25) is 4.79 Å². The molecule has 1 fully saturated rings. The molecule has 138 valence electrons. The highest BCUT2D eigenvalue weighted by atomic mass is 19.1. The van der Waals surface area contributed by atoms with E-state index in [0.717, 1.165) is 12.0 Å². The van der Waals surface area contributed by atoms with E-state index >= 15 is 0 Å². The van der Waals surface area contributed by atoms with Crippen LogP contribution in [0.3, 0.4) is 0 Å². The number of nitrogens with zero attached hydrogens (tertiary/aromatic N) is 3. The zero-order chi connectivity index (χ0) is 18.8. The second-order valence-corrected chi connectivity index (χ2v) is 6.81. The van der Waals surface area contributed by atoms with Crippen LogP contribution in [0, 0.1) is 5.82 Å². The van der Waals surface area contributed by atoms with Gasteiger partial charge in [0, 0.05) is 25.1 Å². The van der Waals surface area contributed by atoms with Gasteiger partial charge in [0.25, 0.3) is 0 Å². The smallest absolute Gasteiger partial charge is 0.232 e. The Morgan fingerprint density at radius 3 is 2.70 bits per heavy atom. The van der Waals surface area contributed by atoms with Crippen molar-refractivity contribution in [2.45, 2.75) is 32.2 Å². The molecule has 1 atom stereocenters. The molecule has 0 aliphatic carbocycles. The molecule has 5 nitrogen and oxygen atoms in total. The number of benzene rings is 2. The SMILES string of the molecule is CCc1ccc(CN2CC(c3nc(-c4cccc(F)c4)no3)CC2=O)cc1. The quantitative estimate of drug-likeness (QED) is 0.687. The third kappa shape index (κ3) is 3.74. The van der Waals surface area contributed by atoms with Gasteiger partial charge in [-0.1, -0.05) is 48.5 Å². The maximum absolute atomic E-state index is 13.4. The molecule has 1 amide bonds. The number of hydrogen-bond donors (Lipinski definition) is 0. The number of aryl methyl sites for hydroxylation is 1. The van der Waals surface area contributed by atoms with Gasteiger partial charge in [-0.15, -0.1) is 0 Å². The molecule has 4 rings (SSSR count). The van der Waals surface area contributed by atoms with Crippen LogP contribution >= 0.6 is 0 Å². The normalized spacial score (nSPS) is 16.9. The van der Waals surface area contributed by atoms with Gasteiger partial charge in [0.2, 0.25) is 17.6 Å². The average Bonchev–Trinajstić information content (AvgIpc) is 3.30. The molecule has 1 aliphatic rings. The first-order chi connectivity index (χ1) is 13.1. The molecule has 1 saturated heterocycles. The molecular formula is C21H20FN3O2. The summed E-state index contributed by atoms with van der Waals surface area (Å²) >= 11 is 0. The minimum Gasteiger partial charge on any atom is -0.339 e. The van der Waals surface area contributed by atoms with Gasteiger partial charge >= 0.3 is 0 Å². The highest BCUT2D eigenvalue weighted by molar-refractivity contribution is 5.79. The highest BCUT2D eigenvalue weighted by Crippen LogP contribution is 2.29. The number of amides is 1. The molecule has 0 saturated carbocycles. The van der Waals surface area contributed by atoms with E-state index in [9.17, 15) is 9.18 Å². The van der Waals surface area contributed by atoms with Gasteiger partial charge in [-0.05, 0) is 29.7 Å². The average molecular weight is 365 g/mol. The van der Waals surface area contributed by atoms with Gasteiger partial charge in [-0.2, -0.15) is 4.98 Å². The summed E-state index contributed by atoms with van der Waals surface area (Å²) in [7, 11) is 0. The van der Waals surface area contributed by atoms with Gasteiger partial charge in [0.15, 0.2) is 0 Å². The van der Waals surface area contributed by atoms with Crippen molar-refractivity contribution in [1.82, 2.24) is 15.0 Å². The van der Waals surface area contributed by atoms with Gasteiger partial charge in [0.1, 0.15) is 5.82 Å². The Bertz CT molecular complexity index is 952. The summed E-state index contributed by atoms with van der Waals surface area (Å²) in [5.41, 5.74) is 2.94. The lowest BCUT2D eigenvalue weighted by Crippen LogP contribution is -2.24. The molecule has 3 aromatic rings. The third-order valence-electron chi connectivity index (χ3n) is 4.89. The molecule has 0 spiro atoms. The summed E-state index contributed by atoms with van der Waals surface area (Å²) in [5, 5.41) is 3.94. The molecule has 1 aromatic heterocycles. The lowest BCUT2D eigenvalue weighted by atomic mass is 10.1. The zero-order valence-corrected chi connectivity index (χ0v) is 15.1. The Hall–Kier alpha value is -3.02. The maximum atomic E-state index is 13.4. The largest absolute Gasteiger partial charge is 0.339 e. The Morgan fingerprint density at radius 1 is 1.19 bits per heavy atom. The predicted octanol–water partition coefficient (Wildman–Crippen LogP) is 3.95. The van der Waals surface area contributed by atoms with E-state index in [1.807, 2.05) is 4.90 Å². The minimum absolute atomic E-state index is 0.0741. The molecule has 0 radical (unpaired) electrons. The van der Waals surface area contributed by atoms with Crippen LogP contribution in [-0.4, -0.2) is 27.5 Å². The second kappa shape index (κ2) is 7.31. The Kier molecular flexibility index (Phi) is 4.71. The fourth-order valence-corrected chi connectivity index (χ4v) is 3.34. The number of carbonyl (C=O) groups is 1. The lowest BCUT2D eigenvalue weighted by molar-refractivity contribution is -0.128. The van der Waals surface area contributed by atoms with E-state index in [-0.39, 0.29) is 17.6 Å². The summed E-state index contributed by atoms with van der Waals surface area (Å²) in [4.78, 5) is 18.6. The van der Waals surface area contributed by atoms with Crippen LogP contribution in [0.1, 0.15) is 36.3 Å². The zero-order valence-electron chi connectivity index (χ0n) is 15.1. The van der Waals surface area contributed by atoms with Crippen LogP contribution in [0.2, 0.25) is 0 Å². The summed E-state index contributed by atoms with van der Waals surface area (Å²) < 4.78 is 18.7. The summed E-state index contributed by atoms with van der Waals surface area (Å²) in [6, 6.07) is 14.4. The standard InChI is InChI=1S/C21H20FN3O2/c1-2-14-6-8-15(9-7-14)12-25-13-17(11-19(25)26)21-23-20(24-27-21)16-4-3-5-18(22)10-16/h3-10,17H,2,11-13H2,1H3. The molecule has 1 aliphatic heterocycles. The number of aromatic nitrogens is 2. The topological polar surface area (TPSA) is 59.2 Å². The molecule has 1 unspecified atom stereocenters. The van der Waals surface area contributed by atoms with Crippen LogP contribution in [0.25, 0.3) is 11.4 Å². The van der Waals surface area contributed by atoms with Crippen LogP contribution in [0.5, 0.6) is 0 Å². The lowest BCUT2D eigenvalue weighted by Gasteiger charge is -2.16. The van der Waals surface area contributed by atoms with Crippen LogP contribution in [0.15, 0.2) is 53.1 Å². The van der Waals surface area contributed by atoms with Gasteiger partial charge < -0.3 is 9.42 Å². The van der Waals surface area contributed by atoms with E-state index in [1.54, 1.807) is 12.1 Å². The van der Waals surface area contributed by atoms with Crippen molar-refractivity contribution in [3.8, 4) is 11.4 Å². The van der Waals surface area contributed by atoms with Crippen LogP contribution in [0.4, 0.5) is 4.39 Å². The van der Waals surface area contributed by atoms with Crippen molar-refractivity contribution in [1.29, 1.82) is 0 Å². The minimum atomic E-state index is -0.352. The van der Waals surface area contributed by atoms with Gasteiger partial charge in [-0.25, -0.2) is 4.39 Å². The molecule has 6 heteroatoms. The van der Waals surface area contributed by atoms with Crippen molar-refractivity contribution in [3.05, 3.63) is 71.4 Å². The fourth-order valence-electron chi connectivity index (χ4n) is 3.34. The summed E-state index contributed by atoms with van der Waals surface area (Å²) in [6.45, 7) is 3.23. The Balaban J connectivity index is 1.46. The molecular weight excluding hydrogens is 345 g/mol. The predicted molar refractivity (Wildman–Crippen MR) is 98.3 cm³/mol. The van der Waals surface area contributed by atoms with Crippen molar-refractivity contribution >= 4 is 5.91 Å². The van der Waals surface area contributed by atoms with Crippen molar-refractivity contribution in [2.75, 3.05) is 6.54 Å². The first kappa shape index (κ1) is 17.4. The van der Waals surface area contributed by atoms with E-state index in [0.29, 0.717) is 36.8 Å². The third-order valence-corrected chi connectivity index (χ3v) is 4.89. The van der Waals surface area contributed by atoms with Crippen LogP contribution in [-0.2, 0) is 17.8 Å². The van der Waals surface area contributed by atoms with Gasteiger partial charge in [0.05, 0.1) is 5.92 Å². The Labute approximate surface area is 156 Å². The first-order valence-corrected chi connectivity index (χ1v) is 9.07. The van der Waals surface area contributed by atoms with E-state index in [2.05, 4.69) is 41.3 Å². The van der Waals surface area contributed by atoms with E-state index in [1.165, 1.54) is 17.7 Å². The van der Waals surface area contributed by atoms with Crippen molar-refractivity contribution < 1.29 is 13.7 Å².